The minimum absolute atomic E-state index is 0.0211. The second kappa shape index (κ2) is 6.72. The number of aryl methyl sites for hydroxylation is 1. The van der Waals surface area contributed by atoms with Crippen LogP contribution in [0.25, 0.3) is 0 Å². The van der Waals surface area contributed by atoms with Crippen molar-refractivity contribution in [1.29, 1.82) is 0 Å². The van der Waals surface area contributed by atoms with Crippen molar-refractivity contribution in [3.8, 4) is 0 Å². The lowest BCUT2D eigenvalue weighted by atomic mass is 10.0. The number of piperidine rings is 1. The van der Waals surface area contributed by atoms with Gasteiger partial charge in [0.1, 0.15) is 0 Å². The second-order valence-electron chi connectivity index (χ2n) is 5.72. The number of anilines is 1. The minimum Gasteiger partial charge on any atom is -0.345 e. The predicted octanol–water partition coefficient (Wildman–Crippen LogP) is 1.78. The summed E-state index contributed by atoms with van der Waals surface area (Å²) in [5.74, 6) is -0.0893. The fraction of sp³-hybridized carbons (Fsp3) is 0.500. The van der Waals surface area contributed by atoms with E-state index in [2.05, 4.69) is 10.6 Å². The molecule has 2 N–H and O–H groups in total. The van der Waals surface area contributed by atoms with Crippen molar-refractivity contribution >= 4 is 17.5 Å². The monoisotopic (exact) mass is 289 g/mol. The largest absolute Gasteiger partial charge is 0.345 e. The van der Waals surface area contributed by atoms with Crippen LogP contribution in [0.1, 0.15) is 35.2 Å². The van der Waals surface area contributed by atoms with E-state index in [-0.39, 0.29) is 17.9 Å². The van der Waals surface area contributed by atoms with E-state index in [9.17, 15) is 9.59 Å². The number of hydrogen-bond acceptors (Lipinski definition) is 3. The highest BCUT2D eigenvalue weighted by Gasteiger charge is 2.21. The zero-order valence-electron chi connectivity index (χ0n) is 12.9. The van der Waals surface area contributed by atoms with E-state index in [0.717, 1.165) is 31.4 Å². The van der Waals surface area contributed by atoms with Crippen LogP contribution < -0.4 is 10.6 Å². The number of nitrogens with one attached hydrogen (secondary N) is 2. The third-order valence-corrected chi connectivity index (χ3v) is 3.78. The third-order valence-electron chi connectivity index (χ3n) is 3.78. The van der Waals surface area contributed by atoms with Gasteiger partial charge in [-0.25, -0.2) is 0 Å². The van der Waals surface area contributed by atoms with Gasteiger partial charge in [0.15, 0.2) is 0 Å². The summed E-state index contributed by atoms with van der Waals surface area (Å²) in [6.45, 7) is 2.81. The van der Waals surface area contributed by atoms with Crippen LogP contribution in [0.4, 0.5) is 5.69 Å². The van der Waals surface area contributed by atoms with Crippen molar-refractivity contribution in [2.75, 3.05) is 26.0 Å². The highest BCUT2D eigenvalue weighted by atomic mass is 16.2. The number of carbonyl (C=O) groups is 2. The first kappa shape index (κ1) is 15.5. The summed E-state index contributed by atoms with van der Waals surface area (Å²) in [5, 5.41) is 6.17. The van der Waals surface area contributed by atoms with Crippen molar-refractivity contribution in [1.82, 2.24) is 10.2 Å². The summed E-state index contributed by atoms with van der Waals surface area (Å²) < 4.78 is 0. The SMILES string of the molecule is Cc1ccc(C(=O)N(C)C)cc1NC(=O)C1CCCCN1. The second-order valence-corrected chi connectivity index (χ2v) is 5.72. The molecular weight excluding hydrogens is 266 g/mol. The Bertz CT molecular complexity index is 534. The average molecular weight is 289 g/mol. The summed E-state index contributed by atoms with van der Waals surface area (Å²) >= 11 is 0. The van der Waals surface area contributed by atoms with E-state index >= 15 is 0 Å². The predicted molar refractivity (Wildman–Crippen MR) is 83.5 cm³/mol. The first-order valence-corrected chi connectivity index (χ1v) is 7.35. The molecule has 1 aliphatic rings. The van der Waals surface area contributed by atoms with Crippen molar-refractivity contribution < 1.29 is 9.59 Å². The fourth-order valence-electron chi connectivity index (χ4n) is 2.44. The van der Waals surface area contributed by atoms with Crippen LogP contribution in [0.2, 0.25) is 0 Å². The topological polar surface area (TPSA) is 61.4 Å². The fourth-order valence-corrected chi connectivity index (χ4v) is 2.44. The molecule has 0 radical (unpaired) electrons. The molecule has 2 rings (SSSR count). The number of benzene rings is 1. The Labute approximate surface area is 125 Å². The van der Waals surface area contributed by atoms with Gasteiger partial charge in [0.2, 0.25) is 5.91 Å². The molecular formula is C16H23N3O2. The molecule has 1 aromatic rings. The van der Waals surface area contributed by atoms with Crippen LogP contribution in [-0.2, 0) is 4.79 Å². The van der Waals surface area contributed by atoms with Gasteiger partial charge in [-0.05, 0) is 44.0 Å². The number of hydrogen-bond donors (Lipinski definition) is 2. The molecule has 0 spiro atoms. The van der Waals surface area contributed by atoms with Gasteiger partial charge in [0.25, 0.3) is 5.91 Å². The van der Waals surface area contributed by atoms with Crippen LogP contribution in [0, 0.1) is 6.92 Å². The molecule has 5 nitrogen and oxygen atoms in total. The molecule has 1 heterocycles. The van der Waals surface area contributed by atoms with Crippen molar-refractivity contribution in [2.45, 2.75) is 32.2 Å². The van der Waals surface area contributed by atoms with Crippen molar-refractivity contribution in [3.05, 3.63) is 29.3 Å². The van der Waals surface area contributed by atoms with E-state index < -0.39 is 0 Å². The summed E-state index contributed by atoms with van der Waals surface area (Å²) in [6, 6.07) is 5.26. The number of nitrogens with zero attached hydrogens (tertiary/aromatic N) is 1. The Kier molecular flexibility index (Phi) is 4.96. The molecule has 21 heavy (non-hydrogen) atoms. The molecule has 1 unspecified atom stereocenters. The minimum atomic E-state index is -0.133. The lowest BCUT2D eigenvalue weighted by Gasteiger charge is -2.23. The molecule has 1 fully saturated rings. The van der Waals surface area contributed by atoms with Gasteiger partial charge in [-0.3, -0.25) is 9.59 Å². The van der Waals surface area contributed by atoms with Crippen molar-refractivity contribution in [2.24, 2.45) is 0 Å². The Morgan fingerprint density at radius 3 is 2.67 bits per heavy atom. The van der Waals surface area contributed by atoms with Gasteiger partial charge < -0.3 is 15.5 Å². The number of rotatable bonds is 3. The molecule has 0 aliphatic carbocycles. The molecule has 0 aromatic heterocycles. The van der Waals surface area contributed by atoms with Gasteiger partial charge in [-0.1, -0.05) is 12.5 Å². The Balaban J connectivity index is 2.13. The molecule has 5 heteroatoms. The summed E-state index contributed by atoms with van der Waals surface area (Å²) in [6.07, 6.45) is 3.06. The highest BCUT2D eigenvalue weighted by molar-refractivity contribution is 5.99. The zero-order chi connectivity index (χ0) is 15.4. The maximum atomic E-state index is 12.3. The molecule has 1 atom stereocenters. The van der Waals surface area contributed by atoms with Gasteiger partial charge >= 0.3 is 0 Å². The van der Waals surface area contributed by atoms with E-state index in [1.54, 1.807) is 26.2 Å². The molecule has 1 aromatic carbocycles. The standard InChI is InChI=1S/C16H23N3O2/c1-11-7-8-12(16(21)19(2)3)10-14(11)18-15(20)13-6-4-5-9-17-13/h7-8,10,13,17H,4-6,9H2,1-3H3,(H,18,20). The maximum absolute atomic E-state index is 12.3. The summed E-state index contributed by atoms with van der Waals surface area (Å²) in [4.78, 5) is 25.8. The highest BCUT2D eigenvalue weighted by Crippen LogP contribution is 2.19. The van der Waals surface area contributed by atoms with Gasteiger partial charge in [-0.2, -0.15) is 0 Å². The average Bonchev–Trinajstić information content (AvgIpc) is 2.49. The van der Waals surface area contributed by atoms with Crippen LogP contribution in [0.5, 0.6) is 0 Å². The molecule has 0 bridgehead atoms. The molecule has 1 saturated heterocycles. The molecule has 1 aliphatic heterocycles. The Morgan fingerprint density at radius 1 is 1.29 bits per heavy atom. The molecule has 2 amide bonds. The van der Waals surface area contributed by atoms with Crippen molar-refractivity contribution in [3.63, 3.8) is 0 Å². The lowest BCUT2D eigenvalue weighted by molar-refractivity contribution is -0.118. The Morgan fingerprint density at radius 2 is 2.05 bits per heavy atom. The van der Waals surface area contributed by atoms with E-state index in [1.807, 2.05) is 13.0 Å². The first-order chi connectivity index (χ1) is 9.99. The zero-order valence-corrected chi connectivity index (χ0v) is 12.9. The quantitative estimate of drug-likeness (QED) is 0.891. The first-order valence-electron chi connectivity index (χ1n) is 7.35. The van der Waals surface area contributed by atoms with Crippen LogP contribution in [0.3, 0.4) is 0 Å². The lowest BCUT2D eigenvalue weighted by Crippen LogP contribution is -2.43. The third kappa shape index (κ3) is 3.82. The van der Waals surface area contributed by atoms with Crippen LogP contribution in [-0.4, -0.2) is 43.4 Å². The van der Waals surface area contributed by atoms with E-state index in [4.69, 9.17) is 0 Å². The van der Waals surface area contributed by atoms with E-state index in [0.29, 0.717) is 11.3 Å². The number of carbonyl (C=O) groups excluding carboxylic acids is 2. The van der Waals surface area contributed by atoms with Gasteiger partial charge in [0, 0.05) is 25.3 Å². The smallest absolute Gasteiger partial charge is 0.253 e. The van der Waals surface area contributed by atoms with Gasteiger partial charge in [0.05, 0.1) is 6.04 Å². The van der Waals surface area contributed by atoms with Crippen LogP contribution in [0.15, 0.2) is 18.2 Å². The molecule has 114 valence electrons. The maximum Gasteiger partial charge on any atom is 0.253 e. The summed E-state index contributed by atoms with van der Waals surface area (Å²) in [5.41, 5.74) is 2.24. The van der Waals surface area contributed by atoms with Crippen LogP contribution >= 0.6 is 0 Å². The number of amides is 2. The van der Waals surface area contributed by atoms with E-state index in [1.165, 1.54) is 4.90 Å². The van der Waals surface area contributed by atoms with Gasteiger partial charge in [-0.15, -0.1) is 0 Å². The molecule has 0 saturated carbocycles. The summed E-state index contributed by atoms with van der Waals surface area (Å²) in [7, 11) is 3.43. The normalized spacial score (nSPS) is 18.1. The Hall–Kier alpha value is -1.88.